The predicted molar refractivity (Wildman–Crippen MR) is 84.2 cm³/mol. The number of carbonyl (C=O) groups is 1. The Labute approximate surface area is 120 Å². The summed E-state index contributed by atoms with van der Waals surface area (Å²) >= 11 is 0. The van der Waals surface area contributed by atoms with Crippen LogP contribution in [0, 0.1) is 10.8 Å². The van der Waals surface area contributed by atoms with Crippen LogP contribution >= 0.6 is 0 Å². The number of amides is 1. The van der Waals surface area contributed by atoms with Crippen LogP contribution in [0.3, 0.4) is 0 Å². The summed E-state index contributed by atoms with van der Waals surface area (Å²) in [5, 5.41) is 3.15. The van der Waals surface area contributed by atoms with Crippen molar-refractivity contribution in [3.63, 3.8) is 0 Å². The Bertz CT molecular complexity index is 254. The molecule has 0 aromatic carbocycles. The average Bonchev–Trinajstić information content (AvgIpc) is 2.31. The largest absolute Gasteiger partial charge is 0.355 e. The minimum atomic E-state index is -0.173. The van der Waals surface area contributed by atoms with E-state index < -0.39 is 0 Å². The molecule has 0 bridgehead atoms. The molecule has 0 aromatic heterocycles. The molecule has 0 aromatic rings. The molecule has 114 valence electrons. The fourth-order valence-electron chi connectivity index (χ4n) is 2.40. The summed E-state index contributed by atoms with van der Waals surface area (Å²) in [5.41, 5.74) is -0.0151. The first-order valence-electron chi connectivity index (χ1n) is 8.03. The van der Waals surface area contributed by atoms with E-state index in [4.69, 9.17) is 0 Å². The smallest absolute Gasteiger partial charge is 0.225 e. The zero-order valence-corrected chi connectivity index (χ0v) is 14.1. The summed E-state index contributed by atoms with van der Waals surface area (Å²) in [6.45, 7) is 13.8. The van der Waals surface area contributed by atoms with Crippen molar-refractivity contribution >= 4 is 5.91 Å². The molecule has 1 atom stereocenters. The molecular weight excluding hydrogens is 234 g/mol. The van der Waals surface area contributed by atoms with Crippen molar-refractivity contribution in [2.75, 3.05) is 6.54 Å². The van der Waals surface area contributed by atoms with Crippen LogP contribution in [0.15, 0.2) is 0 Å². The lowest BCUT2D eigenvalue weighted by atomic mass is 9.79. The first kappa shape index (κ1) is 18.5. The Balaban J connectivity index is 4.36. The van der Waals surface area contributed by atoms with Gasteiger partial charge in [0, 0.05) is 12.0 Å². The van der Waals surface area contributed by atoms with E-state index in [9.17, 15) is 4.79 Å². The highest BCUT2D eigenvalue weighted by Gasteiger charge is 2.31. The van der Waals surface area contributed by atoms with E-state index in [1.807, 2.05) is 0 Å². The number of unbranched alkanes of at least 4 members (excludes halogenated alkanes) is 3. The highest BCUT2D eigenvalue weighted by atomic mass is 16.2. The lowest BCUT2D eigenvalue weighted by Crippen LogP contribution is -2.42. The van der Waals surface area contributed by atoms with E-state index in [2.05, 4.69) is 46.9 Å². The van der Waals surface area contributed by atoms with Crippen LogP contribution in [0.1, 0.15) is 86.5 Å². The van der Waals surface area contributed by atoms with Gasteiger partial charge in [-0.2, -0.15) is 0 Å². The van der Waals surface area contributed by atoms with Crippen LogP contribution in [-0.4, -0.2) is 12.5 Å². The maximum Gasteiger partial charge on any atom is 0.225 e. The highest BCUT2D eigenvalue weighted by Crippen LogP contribution is 2.31. The molecule has 1 N–H and O–H groups in total. The van der Waals surface area contributed by atoms with Gasteiger partial charge in [0.05, 0.1) is 0 Å². The molecule has 2 heteroatoms. The van der Waals surface area contributed by atoms with Crippen molar-refractivity contribution in [1.82, 2.24) is 5.32 Å². The van der Waals surface area contributed by atoms with E-state index in [1.165, 1.54) is 25.7 Å². The lowest BCUT2D eigenvalue weighted by Gasteiger charge is -2.30. The topological polar surface area (TPSA) is 29.1 Å². The quantitative estimate of drug-likeness (QED) is 0.591. The number of hydrogen-bond donors (Lipinski definition) is 1. The Morgan fingerprint density at radius 3 is 2.00 bits per heavy atom. The summed E-state index contributed by atoms with van der Waals surface area (Å²) < 4.78 is 0. The molecule has 0 spiro atoms. The molecule has 2 nitrogen and oxygen atoms in total. The Kier molecular flexibility index (Phi) is 8.36. The predicted octanol–water partition coefficient (Wildman–Crippen LogP) is 4.93. The summed E-state index contributed by atoms with van der Waals surface area (Å²) in [6.07, 6.45) is 8.06. The monoisotopic (exact) mass is 269 g/mol. The second kappa shape index (κ2) is 8.60. The highest BCUT2D eigenvalue weighted by molar-refractivity contribution is 5.82. The van der Waals surface area contributed by atoms with Gasteiger partial charge < -0.3 is 5.32 Å². The zero-order valence-electron chi connectivity index (χ0n) is 14.1. The van der Waals surface area contributed by atoms with Gasteiger partial charge in [0.25, 0.3) is 0 Å². The molecule has 0 rings (SSSR count). The molecular formula is C17H35NO. The molecule has 1 amide bonds. The van der Waals surface area contributed by atoms with Crippen molar-refractivity contribution in [2.45, 2.75) is 86.5 Å². The lowest BCUT2D eigenvalue weighted by molar-refractivity contribution is -0.131. The fourth-order valence-corrected chi connectivity index (χ4v) is 2.40. The third-order valence-electron chi connectivity index (χ3n) is 3.71. The van der Waals surface area contributed by atoms with Gasteiger partial charge in [-0.3, -0.25) is 4.79 Å². The van der Waals surface area contributed by atoms with Gasteiger partial charge in [0.2, 0.25) is 5.91 Å². The summed E-state index contributed by atoms with van der Waals surface area (Å²) in [5.74, 6) is 0.251. The van der Waals surface area contributed by atoms with Crippen molar-refractivity contribution in [1.29, 1.82) is 0 Å². The van der Waals surface area contributed by atoms with Crippen molar-refractivity contribution in [2.24, 2.45) is 10.8 Å². The van der Waals surface area contributed by atoms with Crippen LogP contribution in [0.4, 0.5) is 0 Å². The first-order chi connectivity index (χ1) is 8.75. The van der Waals surface area contributed by atoms with Crippen LogP contribution in [0.5, 0.6) is 0 Å². The van der Waals surface area contributed by atoms with Gasteiger partial charge in [-0.15, -0.1) is 0 Å². The second-order valence-electron chi connectivity index (χ2n) is 7.36. The van der Waals surface area contributed by atoms with Gasteiger partial charge in [-0.1, -0.05) is 73.6 Å². The first-order valence-corrected chi connectivity index (χ1v) is 8.03. The van der Waals surface area contributed by atoms with Crippen LogP contribution in [0.25, 0.3) is 0 Å². The molecule has 0 aliphatic rings. The van der Waals surface area contributed by atoms with Crippen molar-refractivity contribution in [3.05, 3.63) is 0 Å². The third-order valence-corrected chi connectivity index (χ3v) is 3.71. The van der Waals surface area contributed by atoms with Crippen molar-refractivity contribution in [3.8, 4) is 0 Å². The van der Waals surface area contributed by atoms with E-state index in [0.717, 1.165) is 25.8 Å². The molecule has 0 heterocycles. The SMILES string of the molecule is CCCCCCC(C)(CCC)C(=O)NCC(C)(C)C. The normalized spacial score (nSPS) is 15.1. The van der Waals surface area contributed by atoms with E-state index in [0.29, 0.717) is 0 Å². The van der Waals surface area contributed by atoms with Gasteiger partial charge in [0.1, 0.15) is 0 Å². The van der Waals surface area contributed by atoms with Crippen LogP contribution in [-0.2, 0) is 4.79 Å². The minimum absolute atomic E-state index is 0.158. The van der Waals surface area contributed by atoms with Gasteiger partial charge in [0.15, 0.2) is 0 Å². The molecule has 0 radical (unpaired) electrons. The molecule has 0 aliphatic heterocycles. The maximum absolute atomic E-state index is 12.5. The van der Waals surface area contributed by atoms with E-state index in [1.54, 1.807) is 0 Å². The Morgan fingerprint density at radius 1 is 0.895 bits per heavy atom. The number of hydrogen-bond acceptors (Lipinski definition) is 1. The standard InChI is InChI=1S/C17H35NO/c1-7-9-10-11-13-17(6,12-8-2)15(19)18-14-16(3,4)5/h7-14H2,1-6H3,(H,18,19). The average molecular weight is 269 g/mol. The summed E-state index contributed by atoms with van der Waals surface area (Å²) in [6, 6.07) is 0. The number of carbonyl (C=O) groups excluding carboxylic acids is 1. The molecule has 1 unspecified atom stereocenters. The Hall–Kier alpha value is -0.530. The van der Waals surface area contributed by atoms with E-state index in [-0.39, 0.29) is 16.7 Å². The summed E-state index contributed by atoms with van der Waals surface area (Å²) in [7, 11) is 0. The van der Waals surface area contributed by atoms with Gasteiger partial charge >= 0.3 is 0 Å². The van der Waals surface area contributed by atoms with Gasteiger partial charge in [-0.25, -0.2) is 0 Å². The maximum atomic E-state index is 12.5. The fraction of sp³-hybridized carbons (Fsp3) is 0.941. The molecule has 0 saturated heterocycles. The van der Waals surface area contributed by atoms with Gasteiger partial charge in [-0.05, 0) is 18.3 Å². The Morgan fingerprint density at radius 2 is 1.53 bits per heavy atom. The molecule has 0 saturated carbocycles. The third kappa shape index (κ3) is 8.28. The van der Waals surface area contributed by atoms with Crippen LogP contribution in [0.2, 0.25) is 0 Å². The van der Waals surface area contributed by atoms with Crippen LogP contribution < -0.4 is 5.32 Å². The summed E-state index contributed by atoms with van der Waals surface area (Å²) in [4.78, 5) is 12.5. The number of nitrogens with one attached hydrogen (secondary N) is 1. The molecule has 19 heavy (non-hydrogen) atoms. The molecule has 0 aliphatic carbocycles. The minimum Gasteiger partial charge on any atom is -0.355 e. The molecule has 0 fully saturated rings. The zero-order chi connectivity index (χ0) is 14.9. The second-order valence-corrected chi connectivity index (χ2v) is 7.36. The number of rotatable bonds is 9. The van der Waals surface area contributed by atoms with Crippen molar-refractivity contribution < 1.29 is 4.79 Å². The van der Waals surface area contributed by atoms with E-state index >= 15 is 0 Å².